The summed E-state index contributed by atoms with van der Waals surface area (Å²) in [4.78, 5) is 10.5. The van der Waals surface area contributed by atoms with Crippen LogP contribution in [0.15, 0.2) is 54.6 Å². The van der Waals surface area contributed by atoms with E-state index >= 15 is 0 Å². The normalized spacial score (nSPS) is 14.0. The van der Waals surface area contributed by atoms with Gasteiger partial charge in [-0.05, 0) is 43.7 Å². The first-order chi connectivity index (χ1) is 13.9. The molecule has 0 aliphatic heterocycles. The molecule has 3 rings (SSSR count). The number of halogens is 1. The fourth-order valence-electron chi connectivity index (χ4n) is 3.69. The molecule has 4 nitrogen and oxygen atoms in total. The van der Waals surface area contributed by atoms with Gasteiger partial charge < -0.3 is 19.6 Å². The summed E-state index contributed by atoms with van der Waals surface area (Å²) in [5, 5.41) is 21.1. The zero-order chi connectivity index (χ0) is 21.0. The Labute approximate surface area is 169 Å². The predicted molar refractivity (Wildman–Crippen MR) is 114 cm³/mol. The molecule has 0 radical (unpaired) electrons. The van der Waals surface area contributed by atoms with Gasteiger partial charge in [-0.3, -0.25) is 0 Å². The average Bonchev–Trinajstić information content (AvgIpc) is 3.01. The van der Waals surface area contributed by atoms with Gasteiger partial charge in [-0.15, -0.1) is 0 Å². The van der Waals surface area contributed by atoms with Crippen LogP contribution in [0, 0.1) is 5.82 Å². The van der Waals surface area contributed by atoms with E-state index in [1.807, 2.05) is 30.3 Å². The molecule has 2 unspecified atom stereocenters. The fourth-order valence-corrected chi connectivity index (χ4v) is 3.69. The van der Waals surface area contributed by atoms with Crippen LogP contribution in [-0.4, -0.2) is 33.3 Å². The molecule has 0 saturated carbocycles. The minimum Gasteiger partial charge on any atom is -0.393 e. The Morgan fingerprint density at radius 1 is 1.07 bits per heavy atom. The van der Waals surface area contributed by atoms with Crippen molar-refractivity contribution in [2.45, 2.75) is 44.9 Å². The summed E-state index contributed by atoms with van der Waals surface area (Å²) in [5.41, 5.74) is 3.80. The van der Waals surface area contributed by atoms with Crippen molar-refractivity contribution in [1.29, 1.82) is 0 Å². The molecule has 0 aliphatic rings. The molecule has 3 aromatic rings. The van der Waals surface area contributed by atoms with E-state index < -0.39 is 12.2 Å². The third-order valence-electron chi connectivity index (χ3n) is 4.96. The molecule has 0 saturated heterocycles. The van der Waals surface area contributed by atoms with E-state index in [2.05, 4.69) is 18.4 Å². The van der Waals surface area contributed by atoms with Gasteiger partial charge >= 0.3 is 0 Å². The summed E-state index contributed by atoms with van der Waals surface area (Å²) in [6, 6.07) is 14.6. The van der Waals surface area contributed by atoms with Crippen LogP contribution in [0.5, 0.6) is 0 Å². The average molecular weight is 395 g/mol. The molecule has 5 heteroatoms. The van der Waals surface area contributed by atoms with E-state index in [1.165, 1.54) is 12.1 Å². The number of carbonyl (C=O) groups is 1. The van der Waals surface area contributed by atoms with Crippen molar-refractivity contribution >= 4 is 23.3 Å². The van der Waals surface area contributed by atoms with Crippen molar-refractivity contribution in [2.24, 2.45) is 0 Å². The Hall–Kier alpha value is -2.76. The molecule has 0 spiro atoms. The van der Waals surface area contributed by atoms with Crippen molar-refractivity contribution in [3.63, 3.8) is 0 Å². The van der Waals surface area contributed by atoms with Gasteiger partial charge in [0.05, 0.1) is 12.2 Å². The second-order valence-electron chi connectivity index (χ2n) is 7.47. The first-order valence-corrected chi connectivity index (χ1v) is 9.79. The van der Waals surface area contributed by atoms with Crippen molar-refractivity contribution in [3.05, 3.63) is 66.1 Å². The van der Waals surface area contributed by atoms with E-state index in [4.69, 9.17) is 0 Å². The lowest BCUT2D eigenvalue weighted by Gasteiger charge is -2.15. The number of aliphatic hydroxyl groups is 2. The third kappa shape index (κ3) is 4.63. The third-order valence-corrected chi connectivity index (χ3v) is 4.96. The minimum atomic E-state index is -0.885. The number of aromatic nitrogens is 1. The number of fused-ring (bicyclic) bond motifs is 1. The van der Waals surface area contributed by atoms with Gasteiger partial charge in [0.2, 0.25) is 0 Å². The molecule has 0 aliphatic carbocycles. The van der Waals surface area contributed by atoms with Crippen LogP contribution in [-0.2, 0) is 4.79 Å². The Morgan fingerprint density at radius 2 is 1.76 bits per heavy atom. The van der Waals surface area contributed by atoms with Crippen LogP contribution >= 0.6 is 0 Å². The van der Waals surface area contributed by atoms with Crippen molar-refractivity contribution < 1.29 is 19.4 Å². The molecule has 2 N–H and O–H groups in total. The number of hydrogen-bond donors (Lipinski definition) is 2. The van der Waals surface area contributed by atoms with Gasteiger partial charge in [-0.25, -0.2) is 4.39 Å². The molecule has 1 aromatic heterocycles. The van der Waals surface area contributed by atoms with Crippen LogP contribution in [0.4, 0.5) is 4.39 Å². The van der Waals surface area contributed by atoms with Crippen LogP contribution < -0.4 is 0 Å². The summed E-state index contributed by atoms with van der Waals surface area (Å²) in [7, 11) is 0. The number of rotatable bonds is 8. The van der Waals surface area contributed by atoms with E-state index in [1.54, 1.807) is 18.2 Å². The van der Waals surface area contributed by atoms with E-state index in [0.717, 1.165) is 27.7 Å². The Kier molecular flexibility index (Phi) is 6.62. The van der Waals surface area contributed by atoms with Crippen LogP contribution in [0.2, 0.25) is 0 Å². The molecule has 29 heavy (non-hydrogen) atoms. The topological polar surface area (TPSA) is 62.5 Å². The Balaban J connectivity index is 2.12. The number of benzene rings is 2. The minimum absolute atomic E-state index is 0.00200. The van der Waals surface area contributed by atoms with Crippen molar-refractivity contribution in [1.82, 2.24) is 4.57 Å². The largest absolute Gasteiger partial charge is 0.393 e. The molecule has 1 heterocycles. The Morgan fingerprint density at radius 3 is 2.41 bits per heavy atom. The maximum Gasteiger partial charge on any atom is 0.123 e. The number of para-hydroxylation sites is 1. The lowest BCUT2D eigenvalue weighted by molar-refractivity contribution is -0.109. The number of nitrogens with zero attached hydrogens (tertiary/aromatic N) is 1. The van der Waals surface area contributed by atoms with Gasteiger partial charge in [0, 0.05) is 41.0 Å². The highest BCUT2D eigenvalue weighted by atomic mass is 19.1. The fraction of sp³-hybridized carbons (Fsp3) is 0.292. The number of aliphatic hydroxyl groups excluding tert-OH is 2. The highest BCUT2D eigenvalue weighted by Gasteiger charge is 2.19. The first kappa shape index (κ1) is 21.0. The number of aldehydes is 1. The van der Waals surface area contributed by atoms with Crippen LogP contribution in [0.3, 0.4) is 0 Å². The molecular formula is C24H26FNO3. The van der Waals surface area contributed by atoms with E-state index in [9.17, 15) is 19.4 Å². The van der Waals surface area contributed by atoms with Crippen LogP contribution in [0.25, 0.3) is 28.1 Å². The lowest BCUT2D eigenvalue weighted by Crippen LogP contribution is -2.16. The first-order valence-electron chi connectivity index (χ1n) is 9.79. The van der Waals surface area contributed by atoms with Gasteiger partial charge in [0.1, 0.15) is 12.1 Å². The van der Waals surface area contributed by atoms with E-state index in [-0.39, 0.29) is 24.7 Å². The van der Waals surface area contributed by atoms with Crippen molar-refractivity contribution in [3.8, 4) is 11.1 Å². The predicted octanol–water partition coefficient (Wildman–Crippen LogP) is 4.74. The maximum absolute atomic E-state index is 13.5. The van der Waals surface area contributed by atoms with Gasteiger partial charge in [-0.2, -0.15) is 0 Å². The lowest BCUT2D eigenvalue weighted by atomic mass is 10.0. The highest BCUT2D eigenvalue weighted by Crippen LogP contribution is 2.38. The van der Waals surface area contributed by atoms with Gasteiger partial charge in [-0.1, -0.05) is 36.4 Å². The molecule has 0 fully saturated rings. The van der Waals surface area contributed by atoms with Crippen LogP contribution in [0.1, 0.15) is 38.4 Å². The number of carbonyl (C=O) groups excluding carboxylic acids is 1. The highest BCUT2D eigenvalue weighted by molar-refractivity contribution is 6.01. The smallest absolute Gasteiger partial charge is 0.123 e. The summed E-state index contributed by atoms with van der Waals surface area (Å²) in [6.45, 7) is 4.17. The maximum atomic E-state index is 13.5. The van der Waals surface area contributed by atoms with Crippen molar-refractivity contribution in [2.75, 3.05) is 0 Å². The van der Waals surface area contributed by atoms with Gasteiger partial charge in [0.15, 0.2) is 0 Å². The number of hydrogen-bond acceptors (Lipinski definition) is 3. The summed E-state index contributed by atoms with van der Waals surface area (Å²) < 4.78 is 15.7. The molecule has 0 bridgehead atoms. The monoisotopic (exact) mass is 395 g/mol. The molecular weight excluding hydrogens is 369 g/mol. The molecule has 152 valence electrons. The molecule has 2 atom stereocenters. The second kappa shape index (κ2) is 9.16. The second-order valence-corrected chi connectivity index (χ2v) is 7.47. The quantitative estimate of drug-likeness (QED) is 0.542. The summed E-state index contributed by atoms with van der Waals surface area (Å²) in [5.74, 6) is -0.293. The zero-order valence-corrected chi connectivity index (χ0v) is 16.6. The van der Waals surface area contributed by atoms with E-state index in [0.29, 0.717) is 6.29 Å². The zero-order valence-electron chi connectivity index (χ0n) is 16.6. The molecule has 2 aromatic carbocycles. The SMILES string of the molecule is CC(C)n1c(/C=C/C(O)CC(O)CC=O)c(-c2ccc(F)cc2)c2ccccc21. The Bertz CT molecular complexity index is 1000. The summed E-state index contributed by atoms with van der Waals surface area (Å²) >= 11 is 0. The van der Waals surface area contributed by atoms with Gasteiger partial charge in [0.25, 0.3) is 0 Å². The molecule has 0 amide bonds. The summed E-state index contributed by atoms with van der Waals surface area (Å²) in [6.07, 6.45) is 2.44. The standard InChI is InChI=1S/C24H26FNO3/c1-16(2)26-22-6-4-3-5-21(22)24(17-7-9-18(25)10-8-17)23(26)12-11-19(28)15-20(29)13-14-27/h3-12,14,16,19-20,28-29H,13,15H2,1-2H3/b12-11+.